The number of rotatable bonds is 7. The predicted molar refractivity (Wildman–Crippen MR) is 88.1 cm³/mol. The Morgan fingerprint density at radius 3 is 2.75 bits per heavy atom. The SMILES string of the molecule is O=C(Cn1cc(C2CC2)nn1)NCC1([C@H](O)c2ccccc2)CC1. The minimum atomic E-state index is -0.535. The van der Waals surface area contributed by atoms with Crippen molar-refractivity contribution in [2.45, 2.75) is 44.2 Å². The minimum absolute atomic E-state index is 0.0891. The minimum Gasteiger partial charge on any atom is -0.388 e. The second kappa shape index (κ2) is 6.02. The highest BCUT2D eigenvalue weighted by Gasteiger charge is 2.49. The highest BCUT2D eigenvalue weighted by molar-refractivity contribution is 5.75. The number of carbonyl (C=O) groups excluding carboxylic acids is 1. The monoisotopic (exact) mass is 326 g/mol. The molecule has 0 aliphatic heterocycles. The van der Waals surface area contributed by atoms with Crippen molar-refractivity contribution in [3.63, 3.8) is 0 Å². The molecule has 6 heteroatoms. The summed E-state index contributed by atoms with van der Waals surface area (Å²) in [6.45, 7) is 0.670. The third kappa shape index (κ3) is 3.19. The maximum atomic E-state index is 12.2. The number of aromatic nitrogens is 3. The molecule has 2 aliphatic rings. The molecule has 2 aliphatic carbocycles. The summed E-state index contributed by atoms with van der Waals surface area (Å²) >= 11 is 0. The van der Waals surface area contributed by atoms with Crippen LogP contribution in [0.15, 0.2) is 36.5 Å². The van der Waals surface area contributed by atoms with E-state index in [4.69, 9.17) is 0 Å². The number of aliphatic hydroxyl groups excluding tert-OH is 1. The highest BCUT2D eigenvalue weighted by atomic mass is 16.3. The molecule has 2 saturated carbocycles. The predicted octanol–water partition coefficient (Wildman–Crippen LogP) is 1.79. The fraction of sp³-hybridized carbons (Fsp3) is 0.500. The van der Waals surface area contributed by atoms with Gasteiger partial charge in [-0.15, -0.1) is 5.10 Å². The van der Waals surface area contributed by atoms with Crippen molar-refractivity contribution in [2.24, 2.45) is 5.41 Å². The van der Waals surface area contributed by atoms with Crippen LogP contribution < -0.4 is 5.32 Å². The fourth-order valence-electron chi connectivity index (χ4n) is 3.13. The van der Waals surface area contributed by atoms with Crippen molar-refractivity contribution in [1.29, 1.82) is 0 Å². The van der Waals surface area contributed by atoms with Gasteiger partial charge in [0, 0.05) is 24.1 Å². The standard InChI is InChI=1S/C18H22N4O2/c23-16(11-22-10-15(20-21-22)13-6-7-13)19-12-18(8-9-18)17(24)14-4-2-1-3-5-14/h1-5,10,13,17,24H,6-9,11-12H2,(H,19,23)/t17-/m1/s1. The Morgan fingerprint density at radius 2 is 2.08 bits per heavy atom. The van der Waals surface area contributed by atoms with Crippen molar-refractivity contribution >= 4 is 5.91 Å². The molecule has 1 aromatic heterocycles. The molecule has 1 amide bonds. The first kappa shape index (κ1) is 15.3. The zero-order chi connectivity index (χ0) is 16.6. The molecule has 126 valence electrons. The first-order chi connectivity index (χ1) is 11.7. The normalized spacial score (nSPS) is 19.7. The molecule has 1 heterocycles. The molecule has 24 heavy (non-hydrogen) atoms. The molecule has 1 atom stereocenters. The summed E-state index contributed by atoms with van der Waals surface area (Å²) in [5, 5.41) is 21.7. The first-order valence-corrected chi connectivity index (χ1v) is 8.56. The van der Waals surface area contributed by atoms with E-state index in [1.807, 2.05) is 36.5 Å². The summed E-state index contributed by atoms with van der Waals surface area (Å²) in [4.78, 5) is 12.2. The molecule has 6 nitrogen and oxygen atoms in total. The quantitative estimate of drug-likeness (QED) is 0.813. The Balaban J connectivity index is 1.31. The average Bonchev–Trinajstić information content (AvgIpc) is 3.53. The van der Waals surface area contributed by atoms with Gasteiger partial charge < -0.3 is 10.4 Å². The third-order valence-corrected chi connectivity index (χ3v) is 5.08. The van der Waals surface area contributed by atoms with Gasteiger partial charge in [-0.05, 0) is 31.2 Å². The number of nitrogens with zero attached hydrogens (tertiary/aromatic N) is 3. The molecule has 0 unspecified atom stereocenters. The number of aliphatic hydroxyl groups is 1. The number of nitrogens with one attached hydrogen (secondary N) is 1. The summed E-state index contributed by atoms with van der Waals surface area (Å²) in [6.07, 6.45) is 5.53. The van der Waals surface area contributed by atoms with Crippen LogP contribution >= 0.6 is 0 Å². The maximum Gasteiger partial charge on any atom is 0.241 e. The summed E-state index contributed by atoms with van der Waals surface area (Å²) in [6, 6.07) is 9.65. The molecule has 2 aromatic rings. The van der Waals surface area contributed by atoms with Crippen molar-refractivity contribution in [3.8, 4) is 0 Å². The van der Waals surface area contributed by atoms with Gasteiger partial charge in [0.15, 0.2) is 0 Å². The van der Waals surface area contributed by atoms with Gasteiger partial charge >= 0.3 is 0 Å². The van der Waals surface area contributed by atoms with Crippen LogP contribution in [0.3, 0.4) is 0 Å². The molecular formula is C18H22N4O2. The van der Waals surface area contributed by atoms with Crippen LogP contribution in [0.4, 0.5) is 0 Å². The van der Waals surface area contributed by atoms with E-state index in [1.165, 1.54) is 12.8 Å². The lowest BCUT2D eigenvalue weighted by Gasteiger charge is -2.23. The smallest absolute Gasteiger partial charge is 0.241 e. The van der Waals surface area contributed by atoms with Gasteiger partial charge in [-0.3, -0.25) is 4.79 Å². The third-order valence-electron chi connectivity index (χ3n) is 5.08. The van der Waals surface area contributed by atoms with Crippen LogP contribution in [0.1, 0.15) is 49.0 Å². The molecule has 4 rings (SSSR count). The van der Waals surface area contributed by atoms with E-state index in [0.29, 0.717) is 12.5 Å². The average molecular weight is 326 g/mol. The van der Waals surface area contributed by atoms with Gasteiger partial charge in [0.05, 0.1) is 11.8 Å². The van der Waals surface area contributed by atoms with Gasteiger partial charge in [0.1, 0.15) is 6.54 Å². The van der Waals surface area contributed by atoms with Gasteiger partial charge in [0.25, 0.3) is 0 Å². The molecule has 0 bridgehead atoms. The van der Waals surface area contributed by atoms with Crippen molar-refractivity contribution in [1.82, 2.24) is 20.3 Å². The lowest BCUT2D eigenvalue weighted by molar-refractivity contribution is -0.122. The second-order valence-corrected chi connectivity index (χ2v) is 7.07. The summed E-state index contributed by atoms with van der Waals surface area (Å²) in [7, 11) is 0. The van der Waals surface area contributed by atoms with E-state index < -0.39 is 6.10 Å². The Hall–Kier alpha value is -2.21. The number of carbonyl (C=O) groups is 1. The van der Waals surface area contributed by atoms with Crippen molar-refractivity contribution < 1.29 is 9.90 Å². The van der Waals surface area contributed by atoms with Gasteiger partial charge in [0.2, 0.25) is 5.91 Å². The zero-order valence-corrected chi connectivity index (χ0v) is 13.6. The molecule has 0 saturated heterocycles. The lowest BCUT2D eigenvalue weighted by atomic mass is 9.92. The zero-order valence-electron chi connectivity index (χ0n) is 13.6. The molecule has 0 spiro atoms. The van der Waals surface area contributed by atoms with E-state index in [1.54, 1.807) is 4.68 Å². The second-order valence-electron chi connectivity index (χ2n) is 7.07. The van der Waals surface area contributed by atoms with E-state index in [2.05, 4.69) is 15.6 Å². The maximum absolute atomic E-state index is 12.2. The molecular weight excluding hydrogens is 304 g/mol. The van der Waals surface area contributed by atoms with Crippen LogP contribution in [0.2, 0.25) is 0 Å². The van der Waals surface area contributed by atoms with Gasteiger partial charge in [-0.2, -0.15) is 0 Å². The summed E-state index contributed by atoms with van der Waals surface area (Å²) in [5.74, 6) is 0.450. The first-order valence-electron chi connectivity index (χ1n) is 8.56. The summed E-state index contributed by atoms with van der Waals surface area (Å²) < 4.78 is 1.59. The summed E-state index contributed by atoms with van der Waals surface area (Å²) in [5.41, 5.74) is 1.68. The number of benzene rings is 1. The largest absolute Gasteiger partial charge is 0.388 e. The number of amides is 1. The van der Waals surface area contributed by atoms with Crippen molar-refractivity contribution in [2.75, 3.05) is 6.54 Å². The van der Waals surface area contributed by atoms with E-state index in [9.17, 15) is 9.90 Å². The lowest BCUT2D eigenvalue weighted by Crippen LogP contribution is -2.35. The Labute approximate surface area is 140 Å². The molecule has 1 aromatic carbocycles. The van der Waals surface area contributed by atoms with E-state index in [-0.39, 0.29) is 17.9 Å². The Morgan fingerprint density at radius 1 is 1.33 bits per heavy atom. The van der Waals surface area contributed by atoms with Gasteiger partial charge in [-0.1, -0.05) is 35.5 Å². The number of hydrogen-bond donors (Lipinski definition) is 2. The van der Waals surface area contributed by atoms with Crippen LogP contribution in [0.25, 0.3) is 0 Å². The van der Waals surface area contributed by atoms with Crippen LogP contribution in [0, 0.1) is 5.41 Å². The van der Waals surface area contributed by atoms with Crippen molar-refractivity contribution in [3.05, 3.63) is 47.8 Å². The number of hydrogen-bond acceptors (Lipinski definition) is 4. The van der Waals surface area contributed by atoms with Gasteiger partial charge in [-0.25, -0.2) is 4.68 Å². The topological polar surface area (TPSA) is 80.0 Å². The van der Waals surface area contributed by atoms with E-state index in [0.717, 1.165) is 24.1 Å². The Kier molecular flexibility index (Phi) is 3.84. The van der Waals surface area contributed by atoms with Crippen LogP contribution in [-0.2, 0) is 11.3 Å². The van der Waals surface area contributed by atoms with Crippen LogP contribution in [-0.4, -0.2) is 32.6 Å². The highest BCUT2D eigenvalue weighted by Crippen LogP contribution is 2.54. The Bertz CT molecular complexity index is 720. The van der Waals surface area contributed by atoms with E-state index >= 15 is 0 Å². The fourth-order valence-corrected chi connectivity index (χ4v) is 3.13. The molecule has 2 fully saturated rings. The molecule has 0 radical (unpaired) electrons. The van der Waals surface area contributed by atoms with Crippen LogP contribution in [0.5, 0.6) is 0 Å². The molecule has 2 N–H and O–H groups in total.